The maximum atomic E-state index is 5.69. The molecule has 5 heteroatoms. The van der Waals surface area contributed by atoms with Crippen molar-refractivity contribution in [2.45, 2.75) is 13.0 Å². The molecule has 0 fully saturated rings. The van der Waals surface area contributed by atoms with Gasteiger partial charge in [0.1, 0.15) is 11.4 Å². The first-order valence-electron chi connectivity index (χ1n) is 6.55. The van der Waals surface area contributed by atoms with E-state index in [4.69, 9.17) is 9.47 Å². The van der Waals surface area contributed by atoms with E-state index in [0.717, 1.165) is 17.0 Å². The predicted molar refractivity (Wildman–Crippen MR) is 77.1 cm³/mol. The van der Waals surface area contributed by atoms with Crippen LogP contribution < -0.4 is 14.8 Å². The number of methoxy groups -OCH3 is 1. The summed E-state index contributed by atoms with van der Waals surface area (Å²) in [7, 11) is 3.47. The molecule has 0 bridgehead atoms. The SMILES string of the molecule is CCOc1ccccc1C(NC)c1nccnc1OC. The Bertz CT molecular complexity index is 560. The van der Waals surface area contributed by atoms with Crippen LogP contribution >= 0.6 is 0 Å². The molecule has 2 rings (SSSR count). The second-order valence-electron chi connectivity index (χ2n) is 4.14. The van der Waals surface area contributed by atoms with Crippen molar-refractivity contribution in [2.75, 3.05) is 20.8 Å². The normalized spacial score (nSPS) is 11.9. The number of ether oxygens (including phenoxy) is 2. The van der Waals surface area contributed by atoms with Crippen LogP contribution in [-0.2, 0) is 0 Å². The van der Waals surface area contributed by atoms with Crippen molar-refractivity contribution in [2.24, 2.45) is 0 Å². The van der Waals surface area contributed by atoms with Gasteiger partial charge in [0.05, 0.1) is 19.8 Å². The van der Waals surface area contributed by atoms with Crippen molar-refractivity contribution in [3.05, 3.63) is 47.9 Å². The van der Waals surface area contributed by atoms with Gasteiger partial charge in [0.25, 0.3) is 0 Å². The topological polar surface area (TPSA) is 56.3 Å². The van der Waals surface area contributed by atoms with E-state index in [1.54, 1.807) is 19.5 Å². The van der Waals surface area contributed by atoms with E-state index in [2.05, 4.69) is 15.3 Å². The third-order valence-electron chi connectivity index (χ3n) is 2.98. The van der Waals surface area contributed by atoms with E-state index in [-0.39, 0.29) is 6.04 Å². The van der Waals surface area contributed by atoms with Crippen LogP contribution in [0, 0.1) is 0 Å². The molecule has 20 heavy (non-hydrogen) atoms. The van der Waals surface area contributed by atoms with Gasteiger partial charge in [-0.05, 0) is 20.0 Å². The Labute approximate surface area is 119 Å². The van der Waals surface area contributed by atoms with Gasteiger partial charge in [0.15, 0.2) is 0 Å². The molecule has 0 aliphatic carbocycles. The minimum absolute atomic E-state index is 0.138. The fourth-order valence-corrected chi connectivity index (χ4v) is 2.14. The van der Waals surface area contributed by atoms with Crippen LogP contribution in [0.25, 0.3) is 0 Å². The number of para-hydroxylation sites is 1. The smallest absolute Gasteiger partial charge is 0.237 e. The number of benzene rings is 1. The summed E-state index contributed by atoms with van der Waals surface area (Å²) in [4.78, 5) is 8.59. The Morgan fingerprint density at radius 1 is 1.20 bits per heavy atom. The van der Waals surface area contributed by atoms with Crippen LogP contribution in [0.3, 0.4) is 0 Å². The quantitative estimate of drug-likeness (QED) is 0.874. The van der Waals surface area contributed by atoms with Crippen molar-refractivity contribution in [3.63, 3.8) is 0 Å². The Balaban J connectivity index is 2.47. The Morgan fingerprint density at radius 2 is 1.95 bits per heavy atom. The molecule has 1 atom stereocenters. The van der Waals surface area contributed by atoms with E-state index in [9.17, 15) is 0 Å². The molecule has 0 radical (unpaired) electrons. The third kappa shape index (κ3) is 2.88. The van der Waals surface area contributed by atoms with E-state index in [0.29, 0.717) is 12.5 Å². The standard InChI is InChI=1S/C15H19N3O2/c1-4-20-12-8-6-5-7-11(12)13(16-2)14-15(19-3)18-10-9-17-14/h5-10,13,16H,4H2,1-3H3. The van der Waals surface area contributed by atoms with Crippen molar-refractivity contribution >= 4 is 0 Å². The molecule has 0 spiro atoms. The van der Waals surface area contributed by atoms with Crippen LogP contribution in [0.1, 0.15) is 24.2 Å². The van der Waals surface area contributed by atoms with Crippen LogP contribution in [0.4, 0.5) is 0 Å². The minimum atomic E-state index is -0.138. The highest BCUT2D eigenvalue weighted by Crippen LogP contribution is 2.32. The summed E-state index contributed by atoms with van der Waals surface area (Å²) in [6.07, 6.45) is 3.27. The first kappa shape index (κ1) is 14.3. The molecule has 1 aromatic carbocycles. The van der Waals surface area contributed by atoms with Crippen LogP contribution in [0.5, 0.6) is 11.6 Å². The summed E-state index contributed by atoms with van der Waals surface area (Å²) < 4.78 is 11.0. The van der Waals surface area contributed by atoms with E-state index in [1.165, 1.54) is 0 Å². The Kier molecular flexibility index (Phi) is 4.90. The van der Waals surface area contributed by atoms with Crippen LogP contribution in [-0.4, -0.2) is 30.7 Å². The third-order valence-corrected chi connectivity index (χ3v) is 2.98. The number of hydrogen-bond acceptors (Lipinski definition) is 5. The summed E-state index contributed by atoms with van der Waals surface area (Å²) >= 11 is 0. The zero-order chi connectivity index (χ0) is 14.4. The zero-order valence-corrected chi connectivity index (χ0v) is 12.0. The van der Waals surface area contributed by atoms with Gasteiger partial charge in [-0.25, -0.2) is 4.98 Å². The van der Waals surface area contributed by atoms with Gasteiger partial charge in [-0.1, -0.05) is 18.2 Å². The van der Waals surface area contributed by atoms with Gasteiger partial charge < -0.3 is 14.8 Å². The van der Waals surface area contributed by atoms with Gasteiger partial charge in [-0.3, -0.25) is 4.98 Å². The number of nitrogens with one attached hydrogen (secondary N) is 1. The molecule has 0 saturated heterocycles. The molecule has 5 nitrogen and oxygen atoms in total. The molecule has 0 amide bonds. The largest absolute Gasteiger partial charge is 0.494 e. The van der Waals surface area contributed by atoms with Gasteiger partial charge in [0.2, 0.25) is 5.88 Å². The molecule has 0 aliphatic heterocycles. The fraction of sp³-hybridized carbons (Fsp3) is 0.333. The minimum Gasteiger partial charge on any atom is -0.494 e. The predicted octanol–water partition coefficient (Wildman–Crippen LogP) is 2.19. The van der Waals surface area contributed by atoms with Crippen LogP contribution in [0.2, 0.25) is 0 Å². The average Bonchev–Trinajstić information content (AvgIpc) is 2.50. The maximum absolute atomic E-state index is 5.69. The summed E-state index contributed by atoms with van der Waals surface area (Å²) in [6, 6.07) is 7.76. The summed E-state index contributed by atoms with van der Waals surface area (Å²) in [5, 5.41) is 3.25. The molecular weight excluding hydrogens is 254 g/mol. The molecule has 0 aliphatic rings. The summed E-state index contributed by atoms with van der Waals surface area (Å²) in [5.74, 6) is 1.35. The number of hydrogen-bond donors (Lipinski definition) is 1. The monoisotopic (exact) mass is 273 g/mol. The van der Waals surface area contributed by atoms with E-state index < -0.39 is 0 Å². The zero-order valence-electron chi connectivity index (χ0n) is 12.0. The Hall–Kier alpha value is -2.14. The molecule has 0 saturated carbocycles. The number of aromatic nitrogens is 2. The average molecular weight is 273 g/mol. The second kappa shape index (κ2) is 6.86. The van der Waals surface area contributed by atoms with Crippen molar-refractivity contribution in [1.82, 2.24) is 15.3 Å². The number of nitrogens with zero attached hydrogens (tertiary/aromatic N) is 2. The van der Waals surface area contributed by atoms with Gasteiger partial charge >= 0.3 is 0 Å². The lowest BCUT2D eigenvalue weighted by Crippen LogP contribution is -2.21. The van der Waals surface area contributed by atoms with Crippen LogP contribution in [0.15, 0.2) is 36.7 Å². The number of rotatable bonds is 6. The molecule has 106 valence electrons. The molecule has 1 aromatic heterocycles. The van der Waals surface area contributed by atoms with Crippen molar-refractivity contribution in [1.29, 1.82) is 0 Å². The molecule has 2 aromatic rings. The lowest BCUT2D eigenvalue weighted by Gasteiger charge is -2.20. The highest BCUT2D eigenvalue weighted by molar-refractivity contribution is 5.42. The molecule has 1 N–H and O–H groups in total. The van der Waals surface area contributed by atoms with Gasteiger partial charge in [-0.2, -0.15) is 0 Å². The maximum Gasteiger partial charge on any atom is 0.237 e. The van der Waals surface area contributed by atoms with E-state index in [1.807, 2.05) is 38.2 Å². The molecule has 1 heterocycles. The molecule has 1 unspecified atom stereocenters. The fourth-order valence-electron chi connectivity index (χ4n) is 2.14. The van der Waals surface area contributed by atoms with Gasteiger partial charge in [-0.15, -0.1) is 0 Å². The first-order chi connectivity index (χ1) is 9.81. The van der Waals surface area contributed by atoms with Gasteiger partial charge in [0, 0.05) is 18.0 Å². The molecular formula is C15H19N3O2. The second-order valence-corrected chi connectivity index (χ2v) is 4.14. The lowest BCUT2D eigenvalue weighted by atomic mass is 10.0. The summed E-state index contributed by atoms with van der Waals surface area (Å²) in [6.45, 7) is 2.58. The Morgan fingerprint density at radius 3 is 2.65 bits per heavy atom. The highest BCUT2D eigenvalue weighted by atomic mass is 16.5. The van der Waals surface area contributed by atoms with Crippen molar-refractivity contribution in [3.8, 4) is 11.6 Å². The lowest BCUT2D eigenvalue weighted by molar-refractivity contribution is 0.332. The van der Waals surface area contributed by atoms with E-state index >= 15 is 0 Å². The highest BCUT2D eigenvalue weighted by Gasteiger charge is 2.22. The first-order valence-corrected chi connectivity index (χ1v) is 6.55. The summed E-state index contributed by atoms with van der Waals surface area (Å²) in [5.41, 5.74) is 1.75. The van der Waals surface area contributed by atoms with Crippen molar-refractivity contribution < 1.29 is 9.47 Å².